The van der Waals surface area contributed by atoms with Gasteiger partial charge in [0.05, 0.1) is 29.5 Å². The molecule has 8 heteroatoms. The summed E-state index contributed by atoms with van der Waals surface area (Å²) in [5, 5.41) is 15.8. The Morgan fingerprint density at radius 1 is 1.41 bits per heavy atom. The first kappa shape index (κ1) is 18.7. The number of carbonyl (C=O) groups excluding carboxylic acids is 1. The lowest BCUT2D eigenvalue weighted by atomic mass is 10.0. The second kappa shape index (κ2) is 8.33. The Kier molecular flexibility index (Phi) is 7.09. The third-order valence-corrected chi connectivity index (χ3v) is 3.64. The fraction of sp³-hybridized carbons (Fsp3) is 0.429. The monoisotopic (exact) mass is 346 g/mol. The summed E-state index contributed by atoms with van der Waals surface area (Å²) < 4.78 is 1.82. The third kappa shape index (κ3) is 4.10. The van der Waals surface area contributed by atoms with E-state index in [0.717, 1.165) is 24.0 Å². The summed E-state index contributed by atoms with van der Waals surface area (Å²) in [5.41, 5.74) is 1.82. The van der Waals surface area contributed by atoms with Crippen molar-refractivity contribution in [3.63, 3.8) is 0 Å². The molecule has 1 saturated heterocycles. The minimum Gasteiger partial charge on any atom is -0.390 e. The molecule has 2 atom stereocenters. The number of nitrogens with zero attached hydrogens (tertiary/aromatic N) is 2. The SMILES string of the molecule is Cl.Cl.O=C(Cn1cnc2ccccc21)N[C@@H]1CCNC[C@H]1O. The molecule has 1 fully saturated rings. The van der Waals surface area contributed by atoms with Crippen LogP contribution in [0.4, 0.5) is 0 Å². The maximum atomic E-state index is 12.1. The number of aromatic nitrogens is 2. The van der Waals surface area contributed by atoms with Crippen LogP contribution < -0.4 is 10.6 Å². The lowest BCUT2D eigenvalue weighted by molar-refractivity contribution is -0.123. The Balaban J connectivity index is 0.00000121. The van der Waals surface area contributed by atoms with Crippen molar-refractivity contribution < 1.29 is 9.90 Å². The number of hydrogen-bond donors (Lipinski definition) is 3. The average molecular weight is 347 g/mol. The van der Waals surface area contributed by atoms with Crippen LogP contribution in [-0.2, 0) is 11.3 Å². The Labute approximate surface area is 141 Å². The van der Waals surface area contributed by atoms with Gasteiger partial charge in [0.2, 0.25) is 5.91 Å². The van der Waals surface area contributed by atoms with Crippen LogP contribution in [0.1, 0.15) is 6.42 Å². The molecule has 22 heavy (non-hydrogen) atoms. The molecule has 3 N–H and O–H groups in total. The lowest BCUT2D eigenvalue weighted by Crippen LogP contribution is -2.53. The quantitative estimate of drug-likeness (QED) is 0.765. The Morgan fingerprint density at radius 3 is 2.95 bits per heavy atom. The number of carbonyl (C=O) groups is 1. The van der Waals surface area contributed by atoms with Gasteiger partial charge in [0.15, 0.2) is 0 Å². The van der Waals surface area contributed by atoms with Gasteiger partial charge in [0.25, 0.3) is 0 Å². The van der Waals surface area contributed by atoms with Crippen molar-refractivity contribution in [2.75, 3.05) is 13.1 Å². The molecule has 6 nitrogen and oxygen atoms in total. The van der Waals surface area contributed by atoms with E-state index in [-0.39, 0.29) is 43.3 Å². The molecule has 0 saturated carbocycles. The molecule has 2 heterocycles. The van der Waals surface area contributed by atoms with Gasteiger partial charge in [-0.2, -0.15) is 0 Å². The van der Waals surface area contributed by atoms with Crippen molar-refractivity contribution >= 4 is 41.8 Å². The van der Waals surface area contributed by atoms with E-state index in [1.807, 2.05) is 28.8 Å². The number of aliphatic hydroxyl groups excluding tert-OH is 1. The predicted molar refractivity (Wildman–Crippen MR) is 89.7 cm³/mol. The Hall–Kier alpha value is -1.34. The van der Waals surface area contributed by atoms with Gasteiger partial charge in [-0.25, -0.2) is 4.98 Å². The zero-order chi connectivity index (χ0) is 13.9. The molecular formula is C14H20Cl2N4O2. The number of imidazole rings is 1. The van der Waals surface area contributed by atoms with Crippen LogP contribution in [0.25, 0.3) is 11.0 Å². The number of halogens is 2. The molecule has 2 aromatic rings. The van der Waals surface area contributed by atoms with Crippen LogP contribution >= 0.6 is 24.8 Å². The number of rotatable bonds is 3. The van der Waals surface area contributed by atoms with E-state index in [1.165, 1.54) is 0 Å². The third-order valence-electron chi connectivity index (χ3n) is 3.64. The lowest BCUT2D eigenvalue weighted by Gasteiger charge is -2.29. The van der Waals surface area contributed by atoms with E-state index in [0.29, 0.717) is 6.54 Å². The molecule has 1 aromatic carbocycles. The number of β-amino-alcohol motifs (C(OH)–C–C–N with tert-alkyl or cyclic N) is 1. The van der Waals surface area contributed by atoms with E-state index < -0.39 is 6.10 Å². The van der Waals surface area contributed by atoms with Crippen molar-refractivity contribution in [3.05, 3.63) is 30.6 Å². The summed E-state index contributed by atoms with van der Waals surface area (Å²) in [7, 11) is 0. The fourth-order valence-electron chi connectivity index (χ4n) is 2.55. The fourth-order valence-corrected chi connectivity index (χ4v) is 2.55. The summed E-state index contributed by atoms with van der Waals surface area (Å²) >= 11 is 0. The predicted octanol–water partition coefficient (Wildman–Crippen LogP) is 0.719. The first-order valence-corrected chi connectivity index (χ1v) is 6.82. The molecule has 1 amide bonds. The van der Waals surface area contributed by atoms with Gasteiger partial charge in [-0.3, -0.25) is 4.79 Å². The van der Waals surface area contributed by atoms with E-state index in [1.54, 1.807) is 6.33 Å². The minimum absolute atomic E-state index is 0. The smallest absolute Gasteiger partial charge is 0.240 e. The molecule has 1 aliphatic heterocycles. The second-order valence-electron chi connectivity index (χ2n) is 5.10. The van der Waals surface area contributed by atoms with Gasteiger partial charge in [-0.1, -0.05) is 12.1 Å². The highest BCUT2D eigenvalue weighted by molar-refractivity contribution is 5.85. The zero-order valence-corrected chi connectivity index (χ0v) is 13.6. The van der Waals surface area contributed by atoms with Crippen LogP contribution in [0.3, 0.4) is 0 Å². The van der Waals surface area contributed by atoms with Crippen LogP contribution in [0.2, 0.25) is 0 Å². The number of hydrogen-bond acceptors (Lipinski definition) is 4. The van der Waals surface area contributed by atoms with Gasteiger partial charge in [-0.05, 0) is 25.1 Å². The number of aliphatic hydroxyl groups is 1. The standard InChI is InChI=1S/C14H18N4O2.2ClH/c19-13-7-15-6-5-11(13)17-14(20)8-18-9-16-10-3-1-2-4-12(10)18;;/h1-4,9,11,13,15,19H,5-8H2,(H,17,20);2*1H/t11-,13-;;/m1../s1. The molecule has 3 rings (SSSR count). The van der Waals surface area contributed by atoms with Crippen LogP contribution in [0.5, 0.6) is 0 Å². The molecule has 1 aromatic heterocycles. The van der Waals surface area contributed by atoms with Crippen LogP contribution in [0.15, 0.2) is 30.6 Å². The van der Waals surface area contributed by atoms with Crippen molar-refractivity contribution in [1.29, 1.82) is 0 Å². The Bertz CT molecular complexity index is 620. The van der Waals surface area contributed by atoms with Gasteiger partial charge >= 0.3 is 0 Å². The summed E-state index contributed by atoms with van der Waals surface area (Å²) in [6.45, 7) is 1.56. The van der Waals surface area contributed by atoms with Crippen molar-refractivity contribution in [1.82, 2.24) is 20.2 Å². The van der Waals surface area contributed by atoms with Crippen molar-refractivity contribution in [3.8, 4) is 0 Å². The highest BCUT2D eigenvalue weighted by atomic mass is 35.5. The maximum Gasteiger partial charge on any atom is 0.240 e. The summed E-state index contributed by atoms with van der Waals surface area (Å²) in [4.78, 5) is 16.3. The van der Waals surface area contributed by atoms with Crippen molar-refractivity contribution in [2.45, 2.75) is 25.1 Å². The van der Waals surface area contributed by atoms with E-state index in [9.17, 15) is 9.90 Å². The molecule has 1 aliphatic rings. The van der Waals surface area contributed by atoms with Gasteiger partial charge < -0.3 is 20.3 Å². The second-order valence-corrected chi connectivity index (χ2v) is 5.10. The Morgan fingerprint density at radius 2 is 2.18 bits per heavy atom. The van der Waals surface area contributed by atoms with Gasteiger partial charge in [0.1, 0.15) is 6.54 Å². The van der Waals surface area contributed by atoms with E-state index in [2.05, 4.69) is 15.6 Å². The summed E-state index contributed by atoms with van der Waals surface area (Å²) in [6.07, 6.45) is 1.90. The topological polar surface area (TPSA) is 79.2 Å². The normalized spacial score (nSPS) is 20.8. The minimum atomic E-state index is -0.521. The first-order chi connectivity index (χ1) is 9.74. The molecule has 0 spiro atoms. The maximum absolute atomic E-state index is 12.1. The molecule has 0 radical (unpaired) electrons. The van der Waals surface area contributed by atoms with Crippen LogP contribution in [0, 0.1) is 0 Å². The number of fused-ring (bicyclic) bond motifs is 1. The first-order valence-electron chi connectivity index (χ1n) is 6.82. The molecule has 0 unspecified atom stereocenters. The summed E-state index contributed by atoms with van der Waals surface area (Å²) in [6, 6.07) is 7.54. The van der Waals surface area contributed by atoms with E-state index >= 15 is 0 Å². The van der Waals surface area contributed by atoms with Crippen molar-refractivity contribution in [2.24, 2.45) is 0 Å². The molecule has 0 bridgehead atoms. The molecular weight excluding hydrogens is 327 g/mol. The number of para-hydroxylation sites is 2. The molecule has 0 aliphatic carbocycles. The highest BCUT2D eigenvalue weighted by Gasteiger charge is 2.24. The zero-order valence-electron chi connectivity index (χ0n) is 11.9. The largest absolute Gasteiger partial charge is 0.390 e. The average Bonchev–Trinajstić information content (AvgIpc) is 2.85. The highest BCUT2D eigenvalue weighted by Crippen LogP contribution is 2.11. The van der Waals surface area contributed by atoms with Gasteiger partial charge in [-0.15, -0.1) is 24.8 Å². The van der Waals surface area contributed by atoms with E-state index in [4.69, 9.17) is 0 Å². The summed E-state index contributed by atoms with van der Waals surface area (Å²) in [5.74, 6) is -0.0981. The van der Waals surface area contributed by atoms with Gasteiger partial charge in [0, 0.05) is 6.54 Å². The number of benzene rings is 1. The number of nitrogens with one attached hydrogen (secondary N) is 2. The number of amides is 1. The molecule has 122 valence electrons. The van der Waals surface area contributed by atoms with Crippen LogP contribution in [-0.4, -0.2) is 45.8 Å². The number of piperidine rings is 1.